The molecule has 23 heavy (non-hydrogen) atoms. The molecule has 1 saturated heterocycles. The Bertz CT molecular complexity index is 593. The van der Waals surface area contributed by atoms with Crippen LogP contribution in [0.1, 0.15) is 12.8 Å². The van der Waals surface area contributed by atoms with Crippen molar-refractivity contribution in [3.63, 3.8) is 0 Å². The summed E-state index contributed by atoms with van der Waals surface area (Å²) in [4.78, 5) is -0.206. The number of hydrogen-bond acceptors (Lipinski definition) is 4. The Morgan fingerprint density at radius 3 is 2.48 bits per heavy atom. The number of ether oxygens (including phenoxy) is 1. The third-order valence-electron chi connectivity index (χ3n) is 3.75. The molecule has 0 saturated carbocycles. The molecule has 2 rings (SSSR count). The number of rotatable bonds is 6. The minimum atomic E-state index is -3.82. The number of sulfonamides is 1. The van der Waals surface area contributed by atoms with Gasteiger partial charge in [0, 0.05) is 13.1 Å². The molecular formula is C14H21ClF2N2O3S. The van der Waals surface area contributed by atoms with E-state index in [4.69, 9.17) is 0 Å². The molecule has 0 radical (unpaired) electrons. The summed E-state index contributed by atoms with van der Waals surface area (Å²) in [5, 5.41) is 3.08. The van der Waals surface area contributed by atoms with Gasteiger partial charge in [-0.05, 0) is 44.5 Å². The fourth-order valence-electron chi connectivity index (χ4n) is 2.64. The van der Waals surface area contributed by atoms with E-state index in [0.717, 1.165) is 19.4 Å². The first-order valence-corrected chi connectivity index (χ1v) is 8.57. The number of halogens is 3. The van der Waals surface area contributed by atoms with Crippen LogP contribution in [0.5, 0.6) is 5.75 Å². The van der Waals surface area contributed by atoms with Gasteiger partial charge in [0.15, 0.2) is 0 Å². The SMILES string of the molecule is CNCC1CCN(S(=O)(=O)c2ccccc2OC(F)F)CC1.Cl. The zero-order valence-electron chi connectivity index (χ0n) is 12.7. The van der Waals surface area contributed by atoms with Crippen LogP contribution in [-0.2, 0) is 10.0 Å². The average Bonchev–Trinajstić information content (AvgIpc) is 2.48. The number of hydrogen-bond donors (Lipinski definition) is 1. The van der Waals surface area contributed by atoms with Gasteiger partial charge in [-0.3, -0.25) is 0 Å². The van der Waals surface area contributed by atoms with Gasteiger partial charge in [-0.2, -0.15) is 13.1 Å². The van der Waals surface area contributed by atoms with Gasteiger partial charge in [0.05, 0.1) is 0 Å². The Kier molecular flexibility index (Phi) is 7.66. The maximum atomic E-state index is 12.6. The Hall–Kier alpha value is -0.960. The summed E-state index contributed by atoms with van der Waals surface area (Å²) < 4.78 is 55.8. The highest BCUT2D eigenvalue weighted by Crippen LogP contribution is 2.30. The lowest BCUT2D eigenvalue weighted by Gasteiger charge is -2.31. The Balaban J connectivity index is 0.00000264. The molecule has 0 unspecified atom stereocenters. The number of piperidine rings is 1. The monoisotopic (exact) mass is 370 g/mol. The van der Waals surface area contributed by atoms with Crippen LogP contribution < -0.4 is 10.1 Å². The highest BCUT2D eigenvalue weighted by Gasteiger charge is 2.31. The second-order valence-electron chi connectivity index (χ2n) is 5.23. The molecule has 1 aliphatic rings. The first-order chi connectivity index (χ1) is 10.4. The van der Waals surface area contributed by atoms with Crippen molar-refractivity contribution in [1.82, 2.24) is 9.62 Å². The summed E-state index contributed by atoms with van der Waals surface area (Å²) in [6.45, 7) is -1.44. The van der Waals surface area contributed by atoms with Crippen LogP contribution in [0.15, 0.2) is 29.2 Å². The van der Waals surface area contributed by atoms with Crippen molar-refractivity contribution in [2.24, 2.45) is 5.92 Å². The number of benzene rings is 1. The average molecular weight is 371 g/mol. The lowest BCUT2D eigenvalue weighted by atomic mass is 9.98. The standard InChI is InChI=1S/C14H20F2N2O3S.ClH/c1-17-10-11-6-8-18(9-7-11)22(19,20)13-5-3-2-4-12(13)21-14(15)16;/h2-5,11,14,17H,6-10H2,1H3;1H. The molecule has 0 bridgehead atoms. The maximum absolute atomic E-state index is 12.6. The Morgan fingerprint density at radius 2 is 1.91 bits per heavy atom. The first kappa shape index (κ1) is 20.1. The summed E-state index contributed by atoms with van der Waals surface area (Å²) in [7, 11) is -1.96. The minimum absolute atomic E-state index is 0. The lowest BCUT2D eigenvalue weighted by molar-refractivity contribution is -0.0518. The van der Waals surface area contributed by atoms with Gasteiger partial charge >= 0.3 is 6.61 Å². The third-order valence-corrected chi connectivity index (χ3v) is 5.69. The van der Waals surface area contributed by atoms with E-state index in [9.17, 15) is 17.2 Å². The van der Waals surface area contributed by atoms with E-state index >= 15 is 0 Å². The summed E-state index contributed by atoms with van der Waals surface area (Å²) in [5.74, 6) is 0.124. The smallest absolute Gasteiger partial charge is 0.387 e. The topological polar surface area (TPSA) is 58.6 Å². The molecule has 9 heteroatoms. The highest BCUT2D eigenvalue weighted by atomic mass is 35.5. The second kappa shape index (κ2) is 8.77. The zero-order valence-corrected chi connectivity index (χ0v) is 14.4. The van der Waals surface area contributed by atoms with E-state index in [0.29, 0.717) is 19.0 Å². The molecule has 1 N–H and O–H groups in total. The highest BCUT2D eigenvalue weighted by molar-refractivity contribution is 7.89. The van der Waals surface area contributed by atoms with Crippen LogP contribution in [0.3, 0.4) is 0 Å². The van der Waals surface area contributed by atoms with Crippen molar-refractivity contribution in [1.29, 1.82) is 0 Å². The van der Waals surface area contributed by atoms with Gasteiger partial charge in [0.25, 0.3) is 0 Å². The van der Waals surface area contributed by atoms with Crippen LogP contribution in [-0.4, -0.2) is 46.0 Å². The Morgan fingerprint density at radius 1 is 1.30 bits per heavy atom. The molecule has 0 aromatic heterocycles. The molecule has 0 amide bonds. The fraction of sp³-hybridized carbons (Fsp3) is 0.571. The van der Waals surface area contributed by atoms with Gasteiger partial charge in [0.1, 0.15) is 10.6 Å². The van der Waals surface area contributed by atoms with Crippen molar-refractivity contribution < 1.29 is 21.9 Å². The largest absolute Gasteiger partial charge is 0.433 e. The molecular weight excluding hydrogens is 350 g/mol. The minimum Gasteiger partial charge on any atom is -0.433 e. The van der Waals surface area contributed by atoms with Gasteiger partial charge in [-0.25, -0.2) is 8.42 Å². The van der Waals surface area contributed by atoms with Gasteiger partial charge in [-0.15, -0.1) is 12.4 Å². The molecule has 0 spiro atoms. The van der Waals surface area contributed by atoms with E-state index in [-0.39, 0.29) is 23.1 Å². The second-order valence-corrected chi connectivity index (χ2v) is 7.14. The fourth-order valence-corrected chi connectivity index (χ4v) is 4.23. The number of para-hydroxylation sites is 1. The van der Waals surface area contributed by atoms with E-state index < -0.39 is 16.6 Å². The predicted molar refractivity (Wildman–Crippen MR) is 85.7 cm³/mol. The normalized spacial score (nSPS) is 17.0. The summed E-state index contributed by atoms with van der Waals surface area (Å²) >= 11 is 0. The van der Waals surface area contributed by atoms with E-state index in [1.165, 1.54) is 28.6 Å². The number of alkyl halides is 2. The molecule has 132 valence electrons. The molecule has 1 fully saturated rings. The van der Waals surface area contributed by atoms with Crippen molar-refractivity contribution in [3.05, 3.63) is 24.3 Å². The van der Waals surface area contributed by atoms with Gasteiger partial charge in [0.2, 0.25) is 10.0 Å². The van der Waals surface area contributed by atoms with Gasteiger partial charge < -0.3 is 10.1 Å². The van der Waals surface area contributed by atoms with Crippen molar-refractivity contribution >= 4 is 22.4 Å². The molecule has 1 aromatic rings. The van der Waals surface area contributed by atoms with Crippen LogP contribution >= 0.6 is 12.4 Å². The summed E-state index contributed by atoms with van der Waals surface area (Å²) in [6.07, 6.45) is 1.50. The van der Waals surface area contributed by atoms with Crippen molar-refractivity contribution in [2.75, 3.05) is 26.7 Å². The van der Waals surface area contributed by atoms with E-state index in [2.05, 4.69) is 10.1 Å². The number of nitrogens with one attached hydrogen (secondary N) is 1. The predicted octanol–water partition coefficient (Wildman–Crippen LogP) is 2.33. The van der Waals surface area contributed by atoms with Crippen molar-refractivity contribution in [2.45, 2.75) is 24.3 Å². The molecule has 1 aliphatic heterocycles. The summed E-state index contributed by atoms with van der Waals surface area (Å²) in [5.41, 5.74) is 0. The van der Waals surface area contributed by atoms with Crippen LogP contribution in [0.4, 0.5) is 8.78 Å². The van der Waals surface area contributed by atoms with Crippen LogP contribution in [0, 0.1) is 5.92 Å². The van der Waals surface area contributed by atoms with Crippen LogP contribution in [0.2, 0.25) is 0 Å². The van der Waals surface area contributed by atoms with E-state index in [1.807, 2.05) is 7.05 Å². The summed E-state index contributed by atoms with van der Waals surface area (Å²) in [6, 6.07) is 5.51. The Labute approximate surface area is 141 Å². The molecule has 0 atom stereocenters. The maximum Gasteiger partial charge on any atom is 0.387 e. The number of nitrogens with zero attached hydrogens (tertiary/aromatic N) is 1. The van der Waals surface area contributed by atoms with E-state index in [1.54, 1.807) is 0 Å². The third kappa shape index (κ3) is 5.00. The van der Waals surface area contributed by atoms with Gasteiger partial charge in [-0.1, -0.05) is 12.1 Å². The van der Waals surface area contributed by atoms with Crippen molar-refractivity contribution in [3.8, 4) is 5.75 Å². The quantitative estimate of drug-likeness (QED) is 0.835. The first-order valence-electron chi connectivity index (χ1n) is 7.13. The zero-order chi connectivity index (χ0) is 16.2. The lowest BCUT2D eigenvalue weighted by Crippen LogP contribution is -2.40. The molecule has 5 nitrogen and oxygen atoms in total. The molecule has 1 heterocycles. The van der Waals surface area contributed by atoms with Crippen LogP contribution in [0.25, 0.3) is 0 Å². The molecule has 0 aliphatic carbocycles. The molecule has 1 aromatic carbocycles.